The lowest BCUT2D eigenvalue weighted by Gasteiger charge is -2.12. The third kappa shape index (κ3) is 2.96. The molecule has 2 N–H and O–H groups in total. The van der Waals surface area contributed by atoms with Crippen LogP contribution in [0.25, 0.3) is 0 Å². The second-order valence-electron chi connectivity index (χ2n) is 4.50. The zero-order valence-electron chi connectivity index (χ0n) is 10.4. The summed E-state index contributed by atoms with van der Waals surface area (Å²) in [6.07, 6.45) is 2.07. The van der Waals surface area contributed by atoms with E-state index in [0.29, 0.717) is 0 Å². The lowest BCUT2D eigenvalue weighted by Crippen LogP contribution is -2.11. The van der Waals surface area contributed by atoms with Crippen molar-refractivity contribution >= 4 is 11.3 Å². The summed E-state index contributed by atoms with van der Waals surface area (Å²) >= 11 is 1.78. The Bertz CT molecular complexity index is 487. The Balaban J connectivity index is 2.00. The van der Waals surface area contributed by atoms with Gasteiger partial charge in [-0.1, -0.05) is 24.3 Å². The smallest absolute Gasteiger partial charge is 0.0308 e. The molecule has 0 saturated heterocycles. The summed E-state index contributed by atoms with van der Waals surface area (Å²) < 4.78 is 0. The van der Waals surface area contributed by atoms with E-state index < -0.39 is 0 Å². The SMILES string of the molecule is Cc1ccccc1CCC(N)c1ccsc1C. The zero-order chi connectivity index (χ0) is 12.3. The molecule has 0 radical (unpaired) electrons. The Morgan fingerprint density at radius 3 is 2.59 bits per heavy atom. The van der Waals surface area contributed by atoms with Gasteiger partial charge in [-0.3, -0.25) is 0 Å². The van der Waals surface area contributed by atoms with Gasteiger partial charge in [0.15, 0.2) is 0 Å². The normalized spacial score (nSPS) is 12.6. The number of hydrogen-bond acceptors (Lipinski definition) is 2. The molecule has 2 rings (SSSR count). The Morgan fingerprint density at radius 1 is 1.18 bits per heavy atom. The Labute approximate surface area is 107 Å². The second kappa shape index (κ2) is 5.48. The van der Waals surface area contributed by atoms with Gasteiger partial charge in [0.25, 0.3) is 0 Å². The molecule has 0 aliphatic heterocycles. The number of hydrogen-bond donors (Lipinski definition) is 1. The third-order valence-electron chi connectivity index (χ3n) is 3.28. The van der Waals surface area contributed by atoms with Crippen LogP contribution in [0.4, 0.5) is 0 Å². The van der Waals surface area contributed by atoms with Gasteiger partial charge in [0, 0.05) is 10.9 Å². The largest absolute Gasteiger partial charge is 0.324 e. The Morgan fingerprint density at radius 2 is 1.94 bits per heavy atom. The Hall–Kier alpha value is -1.12. The van der Waals surface area contributed by atoms with E-state index in [0.717, 1.165) is 12.8 Å². The minimum atomic E-state index is 0.167. The van der Waals surface area contributed by atoms with E-state index in [1.807, 2.05) is 0 Å². The molecule has 17 heavy (non-hydrogen) atoms. The van der Waals surface area contributed by atoms with E-state index in [-0.39, 0.29) is 6.04 Å². The molecule has 0 aliphatic carbocycles. The molecule has 1 unspecified atom stereocenters. The van der Waals surface area contributed by atoms with Crippen LogP contribution in [0.15, 0.2) is 35.7 Å². The van der Waals surface area contributed by atoms with Gasteiger partial charge in [0.1, 0.15) is 0 Å². The van der Waals surface area contributed by atoms with E-state index >= 15 is 0 Å². The van der Waals surface area contributed by atoms with Crippen molar-refractivity contribution in [2.24, 2.45) is 5.73 Å². The first-order valence-electron chi connectivity index (χ1n) is 6.02. The minimum Gasteiger partial charge on any atom is -0.324 e. The maximum absolute atomic E-state index is 6.24. The Kier molecular flexibility index (Phi) is 3.97. The molecule has 0 saturated carbocycles. The van der Waals surface area contributed by atoms with Gasteiger partial charge in [-0.15, -0.1) is 11.3 Å². The number of benzene rings is 1. The van der Waals surface area contributed by atoms with Crippen molar-refractivity contribution in [1.29, 1.82) is 0 Å². The van der Waals surface area contributed by atoms with Crippen LogP contribution < -0.4 is 5.73 Å². The minimum absolute atomic E-state index is 0.167. The van der Waals surface area contributed by atoms with Crippen molar-refractivity contribution in [1.82, 2.24) is 0 Å². The monoisotopic (exact) mass is 245 g/mol. The third-order valence-corrected chi connectivity index (χ3v) is 4.15. The molecule has 0 aliphatic rings. The van der Waals surface area contributed by atoms with Gasteiger partial charge in [-0.05, 0) is 54.8 Å². The summed E-state index contributed by atoms with van der Waals surface area (Å²) in [5.41, 5.74) is 10.3. The van der Waals surface area contributed by atoms with Crippen LogP contribution in [0.1, 0.15) is 34.0 Å². The average molecular weight is 245 g/mol. The maximum atomic E-state index is 6.24. The number of rotatable bonds is 4. The standard InChI is InChI=1S/C15H19NS/c1-11-5-3-4-6-13(11)7-8-15(16)14-9-10-17-12(14)2/h3-6,9-10,15H,7-8,16H2,1-2H3. The van der Waals surface area contributed by atoms with Gasteiger partial charge < -0.3 is 5.73 Å². The predicted molar refractivity (Wildman–Crippen MR) is 75.5 cm³/mol. The van der Waals surface area contributed by atoms with Crippen molar-refractivity contribution in [3.63, 3.8) is 0 Å². The van der Waals surface area contributed by atoms with Crippen LogP contribution in [-0.4, -0.2) is 0 Å². The number of thiophene rings is 1. The van der Waals surface area contributed by atoms with Crippen molar-refractivity contribution in [2.45, 2.75) is 32.7 Å². The molecule has 1 heterocycles. The highest BCUT2D eigenvalue weighted by Crippen LogP contribution is 2.24. The first-order valence-corrected chi connectivity index (χ1v) is 6.90. The fourth-order valence-corrected chi connectivity index (χ4v) is 2.91. The molecule has 2 heteroatoms. The van der Waals surface area contributed by atoms with Crippen LogP contribution in [-0.2, 0) is 6.42 Å². The van der Waals surface area contributed by atoms with Gasteiger partial charge in [-0.25, -0.2) is 0 Å². The maximum Gasteiger partial charge on any atom is 0.0308 e. The summed E-state index contributed by atoms with van der Waals surface area (Å²) in [6.45, 7) is 4.31. The lowest BCUT2D eigenvalue weighted by atomic mass is 9.98. The first-order chi connectivity index (χ1) is 8.18. The zero-order valence-corrected chi connectivity index (χ0v) is 11.3. The van der Waals surface area contributed by atoms with E-state index in [4.69, 9.17) is 5.73 Å². The average Bonchev–Trinajstić information content (AvgIpc) is 2.74. The summed E-state index contributed by atoms with van der Waals surface area (Å²) in [4.78, 5) is 1.35. The fourth-order valence-electron chi connectivity index (χ4n) is 2.14. The molecule has 0 bridgehead atoms. The predicted octanol–water partition coefficient (Wildman–Crippen LogP) is 4.00. The number of nitrogens with two attached hydrogens (primary N) is 1. The van der Waals surface area contributed by atoms with Crippen LogP contribution in [0.5, 0.6) is 0 Å². The molecule has 0 spiro atoms. The molecule has 0 amide bonds. The van der Waals surface area contributed by atoms with E-state index in [9.17, 15) is 0 Å². The highest BCUT2D eigenvalue weighted by atomic mass is 32.1. The summed E-state index contributed by atoms with van der Waals surface area (Å²) in [5.74, 6) is 0. The summed E-state index contributed by atoms with van der Waals surface area (Å²) in [5, 5.41) is 2.12. The van der Waals surface area contributed by atoms with E-state index in [1.54, 1.807) is 11.3 Å². The molecule has 1 nitrogen and oxygen atoms in total. The van der Waals surface area contributed by atoms with Crippen LogP contribution >= 0.6 is 11.3 Å². The molecular weight excluding hydrogens is 226 g/mol. The second-order valence-corrected chi connectivity index (χ2v) is 5.62. The molecule has 1 aromatic carbocycles. The molecule has 1 atom stereocenters. The quantitative estimate of drug-likeness (QED) is 0.865. The van der Waals surface area contributed by atoms with Gasteiger partial charge >= 0.3 is 0 Å². The van der Waals surface area contributed by atoms with E-state index in [1.165, 1.54) is 21.6 Å². The van der Waals surface area contributed by atoms with Gasteiger partial charge in [-0.2, -0.15) is 0 Å². The van der Waals surface area contributed by atoms with Crippen molar-refractivity contribution in [3.8, 4) is 0 Å². The van der Waals surface area contributed by atoms with Crippen molar-refractivity contribution in [3.05, 3.63) is 57.3 Å². The van der Waals surface area contributed by atoms with Gasteiger partial charge in [0.2, 0.25) is 0 Å². The number of aryl methyl sites for hydroxylation is 3. The first kappa shape index (κ1) is 12.3. The summed E-state index contributed by atoms with van der Waals surface area (Å²) in [7, 11) is 0. The van der Waals surface area contributed by atoms with Crippen LogP contribution in [0, 0.1) is 13.8 Å². The molecule has 0 fully saturated rings. The highest BCUT2D eigenvalue weighted by molar-refractivity contribution is 7.10. The van der Waals surface area contributed by atoms with Crippen molar-refractivity contribution < 1.29 is 0 Å². The van der Waals surface area contributed by atoms with Crippen LogP contribution in [0.3, 0.4) is 0 Å². The molecule has 1 aromatic heterocycles. The van der Waals surface area contributed by atoms with Crippen molar-refractivity contribution in [2.75, 3.05) is 0 Å². The molecular formula is C15H19NS. The van der Waals surface area contributed by atoms with E-state index in [2.05, 4.69) is 49.6 Å². The van der Waals surface area contributed by atoms with Gasteiger partial charge in [0.05, 0.1) is 0 Å². The highest BCUT2D eigenvalue weighted by Gasteiger charge is 2.10. The van der Waals surface area contributed by atoms with Crippen LogP contribution in [0.2, 0.25) is 0 Å². The summed E-state index contributed by atoms with van der Waals surface area (Å²) in [6, 6.07) is 10.9. The molecule has 90 valence electrons. The topological polar surface area (TPSA) is 26.0 Å². The lowest BCUT2D eigenvalue weighted by molar-refractivity contribution is 0.649. The molecule has 2 aromatic rings. The fraction of sp³-hybridized carbons (Fsp3) is 0.333.